The van der Waals surface area contributed by atoms with Crippen molar-refractivity contribution in [3.63, 3.8) is 0 Å². The lowest BCUT2D eigenvalue weighted by Gasteiger charge is -2.22. The Morgan fingerprint density at radius 1 is 1.04 bits per heavy atom. The summed E-state index contributed by atoms with van der Waals surface area (Å²) in [6, 6.07) is 6.67. The molecule has 4 amide bonds. The van der Waals surface area contributed by atoms with Crippen LogP contribution in [0.5, 0.6) is 0 Å². The zero-order valence-electron chi connectivity index (χ0n) is 16.1. The molecular formula is C20H30N4O3. The quantitative estimate of drug-likeness (QED) is 0.590. The van der Waals surface area contributed by atoms with E-state index in [0.29, 0.717) is 17.8 Å². The molecule has 0 unspecified atom stereocenters. The van der Waals surface area contributed by atoms with Gasteiger partial charge < -0.3 is 21.3 Å². The first-order valence-corrected chi connectivity index (χ1v) is 9.69. The minimum atomic E-state index is -0.286. The molecule has 7 nitrogen and oxygen atoms in total. The summed E-state index contributed by atoms with van der Waals surface area (Å²) in [6.07, 6.45) is 5.97. The fourth-order valence-electron chi connectivity index (χ4n) is 3.07. The highest BCUT2D eigenvalue weighted by Crippen LogP contribution is 2.17. The molecule has 0 aliphatic heterocycles. The van der Waals surface area contributed by atoms with E-state index in [9.17, 15) is 14.4 Å². The number of rotatable bonds is 7. The van der Waals surface area contributed by atoms with Crippen molar-refractivity contribution in [3.05, 3.63) is 29.8 Å². The van der Waals surface area contributed by atoms with Crippen LogP contribution >= 0.6 is 0 Å². The van der Waals surface area contributed by atoms with Gasteiger partial charge in [-0.15, -0.1) is 0 Å². The number of nitrogens with one attached hydrogen (secondary N) is 4. The first-order chi connectivity index (χ1) is 12.9. The van der Waals surface area contributed by atoms with E-state index in [0.717, 1.165) is 12.8 Å². The predicted octanol–water partition coefficient (Wildman–Crippen LogP) is 2.79. The van der Waals surface area contributed by atoms with Crippen LogP contribution in [0.4, 0.5) is 10.5 Å². The lowest BCUT2D eigenvalue weighted by Crippen LogP contribution is -2.38. The van der Waals surface area contributed by atoms with Crippen LogP contribution in [0.15, 0.2) is 24.3 Å². The zero-order chi connectivity index (χ0) is 19.6. The van der Waals surface area contributed by atoms with Crippen molar-refractivity contribution >= 4 is 23.5 Å². The lowest BCUT2D eigenvalue weighted by molar-refractivity contribution is -0.121. The third-order valence-electron chi connectivity index (χ3n) is 4.43. The van der Waals surface area contributed by atoms with Gasteiger partial charge in [0.15, 0.2) is 0 Å². The van der Waals surface area contributed by atoms with Crippen LogP contribution in [0.3, 0.4) is 0 Å². The van der Waals surface area contributed by atoms with Crippen molar-refractivity contribution in [1.29, 1.82) is 0 Å². The Labute approximate surface area is 160 Å². The zero-order valence-corrected chi connectivity index (χ0v) is 16.1. The molecular weight excluding hydrogens is 344 g/mol. The minimum Gasteiger partial charge on any atom is -0.353 e. The van der Waals surface area contributed by atoms with Crippen molar-refractivity contribution in [1.82, 2.24) is 16.0 Å². The van der Waals surface area contributed by atoms with E-state index in [4.69, 9.17) is 0 Å². The fraction of sp³-hybridized carbons (Fsp3) is 0.550. The van der Waals surface area contributed by atoms with Gasteiger partial charge in [-0.3, -0.25) is 9.59 Å². The average molecular weight is 374 g/mol. The molecule has 0 heterocycles. The van der Waals surface area contributed by atoms with Gasteiger partial charge in [-0.25, -0.2) is 4.79 Å². The molecule has 1 saturated carbocycles. The number of benzene rings is 1. The van der Waals surface area contributed by atoms with E-state index in [1.807, 2.05) is 13.8 Å². The lowest BCUT2D eigenvalue weighted by atomic mass is 9.95. The van der Waals surface area contributed by atoms with Crippen molar-refractivity contribution in [2.24, 2.45) is 0 Å². The summed E-state index contributed by atoms with van der Waals surface area (Å²) < 4.78 is 0. The Morgan fingerprint density at radius 3 is 2.33 bits per heavy atom. The smallest absolute Gasteiger partial charge is 0.319 e. The second-order valence-corrected chi connectivity index (χ2v) is 7.24. The van der Waals surface area contributed by atoms with Crippen LogP contribution in [-0.4, -0.2) is 36.5 Å². The first-order valence-electron chi connectivity index (χ1n) is 9.69. The molecule has 2 rings (SSSR count). The maximum atomic E-state index is 12.2. The number of anilines is 1. The highest BCUT2D eigenvalue weighted by atomic mass is 16.2. The summed E-state index contributed by atoms with van der Waals surface area (Å²) in [5.41, 5.74) is 1.09. The van der Waals surface area contributed by atoms with Gasteiger partial charge in [-0.1, -0.05) is 19.3 Å². The number of carbonyl (C=O) groups excluding carboxylic acids is 3. The minimum absolute atomic E-state index is 0.0158. The first kappa shape index (κ1) is 20.7. The van der Waals surface area contributed by atoms with E-state index >= 15 is 0 Å². The number of urea groups is 1. The van der Waals surface area contributed by atoms with Crippen LogP contribution in [0.25, 0.3) is 0 Å². The molecule has 1 aromatic rings. The molecule has 0 spiro atoms. The second kappa shape index (κ2) is 10.5. The molecule has 0 radical (unpaired) electrons. The third-order valence-corrected chi connectivity index (χ3v) is 4.43. The van der Waals surface area contributed by atoms with Gasteiger partial charge in [0, 0.05) is 36.3 Å². The van der Waals surface area contributed by atoms with E-state index < -0.39 is 0 Å². The highest BCUT2D eigenvalue weighted by molar-refractivity contribution is 5.95. The van der Waals surface area contributed by atoms with Gasteiger partial charge in [-0.05, 0) is 51.0 Å². The normalized spacial score (nSPS) is 14.5. The van der Waals surface area contributed by atoms with Crippen molar-refractivity contribution in [2.45, 2.75) is 64.5 Å². The predicted molar refractivity (Wildman–Crippen MR) is 106 cm³/mol. The standard InChI is InChI=1S/C20H30N4O3/c1-14(2)22-20(27)24-17-10-8-15(9-11-17)19(26)21-13-12-18(25)23-16-6-4-3-5-7-16/h8-11,14,16H,3-7,12-13H2,1-2H3,(H,21,26)(H,23,25)(H2,22,24,27). The van der Waals surface area contributed by atoms with Crippen LogP contribution in [0.1, 0.15) is 62.7 Å². The Hall–Kier alpha value is -2.57. The average Bonchev–Trinajstić information content (AvgIpc) is 2.62. The summed E-state index contributed by atoms with van der Waals surface area (Å²) in [5.74, 6) is -0.253. The van der Waals surface area contributed by atoms with E-state index in [-0.39, 0.29) is 36.3 Å². The van der Waals surface area contributed by atoms with Crippen LogP contribution in [0.2, 0.25) is 0 Å². The molecule has 1 fully saturated rings. The molecule has 7 heteroatoms. The summed E-state index contributed by atoms with van der Waals surface area (Å²) in [4.78, 5) is 35.7. The topological polar surface area (TPSA) is 99.3 Å². The second-order valence-electron chi connectivity index (χ2n) is 7.24. The number of amides is 4. The van der Waals surface area contributed by atoms with Gasteiger partial charge in [0.2, 0.25) is 5.91 Å². The maximum Gasteiger partial charge on any atom is 0.319 e. The van der Waals surface area contributed by atoms with Crippen LogP contribution in [0, 0.1) is 0 Å². The van der Waals surface area contributed by atoms with E-state index in [2.05, 4.69) is 21.3 Å². The summed E-state index contributed by atoms with van der Waals surface area (Å²) in [5, 5.41) is 11.2. The van der Waals surface area contributed by atoms with Crippen molar-refractivity contribution in [3.8, 4) is 0 Å². The van der Waals surface area contributed by atoms with Crippen LogP contribution in [-0.2, 0) is 4.79 Å². The number of carbonyl (C=O) groups is 3. The van der Waals surface area contributed by atoms with Gasteiger partial charge in [-0.2, -0.15) is 0 Å². The largest absolute Gasteiger partial charge is 0.353 e. The molecule has 27 heavy (non-hydrogen) atoms. The Balaban J connectivity index is 1.70. The summed E-state index contributed by atoms with van der Waals surface area (Å²) in [6.45, 7) is 4.05. The maximum absolute atomic E-state index is 12.2. The van der Waals surface area contributed by atoms with Crippen molar-refractivity contribution in [2.75, 3.05) is 11.9 Å². The number of hydrogen-bond acceptors (Lipinski definition) is 3. The van der Waals surface area contributed by atoms with E-state index in [1.165, 1.54) is 19.3 Å². The summed E-state index contributed by atoms with van der Waals surface area (Å²) >= 11 is 0. The SMILES string of the molecule is CC(C)NC(=O)Nc1ccc(C(=O)NCCC(=O)NC2CCCCC2)cc1. The highest BCUT2D eigenvalue weighted by Gasteiger charge is 2.15. The Bertz CT molecular complexity index is 637. The molecule has 148 valence electrons. The van der Waals surface area contributed by atoms with Gasteiger partial charge in [0.1, 0.15) is 0 Å². The van der Waals surface area contributed by atoms with Crippen molar-refractivity contribution < 1.29 is 14.4 Å². The molecule has 4 N–H and O–H groups in total. The Morgan fingerprint density at radius 2 is 1.70 bits per heavy atom. The Kier molecular flexibility index (Phi) is 8.10. The van der Waals surface area contributed by atoms with E-state index in [1.54, 1.807) is 24.3 Å². The monoisotopic (exact) mass is 374 g/mol. The van der Waals surface area contributed by atoms with Gasteiger partial charge >= 0.3 is 6.03 Å². The van der Waals surface area contributed by atoms with Gasteiger partial charge in [0.05, 0.1) is 0 Å². The molecule has 0 aromatic heterocycles. The molecule has 0 bridgehead atoms. The third kappa shape index (κ3) is 7.68. The molecule has 0 saturated heterocycles. The molecule has 1 aromatic carbocycles. The summed E-state index contributed by atoms with van der Waals surface area (Å²) in [7, 11) is 0. The molecule has 1 aliphatic rings. The number of hydrogen-bond donors (Lipinski definition) is 4. The molecule has 0 atom stereocenters. The molecule has 1 aliphatic carbocycles. The van der Waals surface area contributed by atoms with Crippen LogP contribution < -0.4 is 21.3 Å². The van der Waals surface area contributed by atoms with Gasteiger partial charge in [0.25, 0.3) is 5.91 Å². The fourth-order valence-corrected chi connectivity index (χ4v) is 3.07.